The number of carbonyl (C=O) groups is 1. The highest BCUT2D eigenvalue weighted by Crippen LogP contribution is 2.17. The minimum absolute atomic E-state index is 0.156. The molecule has 0 aliphatic carbocycles. The van der Waals surface area contributed by atoms with Crippen molar-refractivity contribution in [3.8, 4) is 0 Å². The standard InChI is InChI=1S/C8H13NO/c1-7(10)6-8-4-3-5-9(8)2/h6H,3-5H2,1-2H3/b8-6-. The van der Waals surface area contributed by atoms with Crippen LogP contribution in [-0.4, -0.2) is 24.3 Å². The largest absolute Gasteiger partial charge is 0.378 e. The van der Waals surface area contributed by atoms with Crippen LogP contribution in [0.5, 0.6) is 0 Å². The minimum atomic E-state index is 0.156. The van der Waals surface area contributed by atoms with E-state index in [2.05, 4.69) is 4.90 Å². The molecular weight excluding hydrogens is 126 g/mol. The quantitative estimate of drug-likeness (QED) is 0.508. The van der Waals surface area contributed by atoms with Crippen LogP contribution in [0.3, 0.4) is 0 Å². The molecule has 0 saturated carbocycles. The third-order valence-electron chi connectivity index (χ3n) is 1.79. The van der Waals surface area contributed by atoms with Gasteiger partial charge in [-0.05, 0) is 25.8 Å². The van der Waals surface area contributed by atoms with E-state index >= 15 is 0 Å². The maximum Gasteiger partial charge on any atom is 0.154 e. The zero-order valence-corrected chi connectivity index (χ0v) is 6.55. The molecule has 0 atom stereocenters. The Kier molecular flexibility index (Phi) is 2.10. The Balaban J connectivity index is 2.62. The van der Waals surface area contributed by atoms with Gasteiger partial charge in [-0.15, -0.1) is 0 Å². The molecule has 2 heteroatoms. The van der Waals surface area contributed by atoms with Crippen molar-refractivity contribution in [2.45, 2.75) is 19.8 Å². The molecule has 10 heavy (non-hydrogen) atoms. The van der Waals surface area contributed by atoms with Gasteiger partial charge in [0.15, 0.2) is 5.78 Å². The molecule has 0 aromatic heterocycles. The summed E-state index contributed by atoms with van der Waals surface area (Å²) in [6.45, 7) is 2.69. The summed E-state index contributed by atoms with van der Waals surface area (Å²) < 4.78 is 0. The molecule has 0 unspecified atom stereocenters. The summed E-state index contributed by atoms with van der Waals surface area (Å²) in [6.07, 6.45) is 3.98. The van der Waals surface area contributed by atoms with Gasteiger partial charge in [-0.1, -0.05) is 0 Å². The Bertz CT molecular complexity index is 172. The minimum Gasteiger partial charge on any atom is -0.378 e. The molecule has 0 amide bonds. The lowest BCUT2D eigenvalue weighted by Gasteiger charge is -2.10. The second kappa shape index (κ2) is 2.86. The summed E-state index contributed by atoms with van der Waals surface area (Å²) in [6, 6.07) is 0. The van der Waals surface area contributed by atoms with Gasteiger partial charge < -0.3 is 4.90 Å². The van der Waals surface area contributed by atoms with Crippen LogP contribution < -0.4 is 0 Å². The van der Waals surface area contributed by atoms with Crippen molar-refractivity contribution in [1.82, 2.24) is 4.90 Å². The zero-order chi connectivity index (χ0) is 7.56. The molecule has 0 aromatic carbocycles. The highest BCUT2D eigenvalue weighted by Gasteiger charge is 2.11. The zero-order valence-electron chi connectivity index (χ0n) is 6.55. The molecule has 1 aliphatic rings. The fourth-order valence-corrected chi connectivity index (χ4v) is 1.25. The number of hydrogen-bond donors (Lipinski definition) is 0. The Labute approximate surface area is 61.5 Å². The van der Waals surface area contributed by atoms with Crippen LogP contribution in [0.15, 0.2) is 11.8 Å². The topological polar surface area (TPSA) is 20.3 Å². The van der Waals surface area contributed by atoms with E-state index in [0.717, 1.165) is 13.0 Å². The third kappa shape index (κ3) is 1.59. The molecule has 0 N–H and O–H groups in total. The van der Waals surface area contributed by atoms with Crippen molar-refractivity contribution in [3.05, 3.63) is 11.8 Å². The summed E-state index contributed by atoms with van der Waals surface area (Å²) in [5, 5.41) is 0. The highest BCUT2D eigenvalue weighted by molar-refractivity contribution is 5.87. The van der Waals surface area contributed by atoms with Gasteiger partial charge in [0.1, 0.15) is 0 Å². The van der Waals surface area contributed by atoms with Crippen molar-refractivity contribution < 1.29 is 4.79 Å². The van der Waals surface area contributed by atoms with Crippen LogP contribution in [0.25, 0.3) is 0 Å². The Morgan fingerprint density at radius 1 is 1.70 bits per heavy atom. The average molecular weight is 139 g/mol. The smallest absolute Gasteiger partial charge is 0.154 e. The van der Waals surface area contributed by atoms with Crippen LogP contribution in [0.2, 0.25) is 0 Å². The van der Waals surface area contributed by atoms with Gasteiger partial charge in [-0.3, -0.25) is 4.79 Å². The molecule has 1 aliphatic heterocycles. The molecule has 0 aromatic rings. The van der Waals surface area contributed by atoms with E-state index < -0.39 is 0 Å². The first-order valence-electron chi connectivity index (χ1n) is 3.62. The number of carbonyl (C=O) groups excluding carboxylic acids is 1. The predicted octanol–water partition coefficient (Wildman–Crippen LogP) is 1.18. The molecule has 0 bridgehead atoms. The summed E-state index contributed by atoms with van der Waals surface area (Å²) in [7, 11) is 2.03. The lowest BCUT2D eigenvalue weighted by atomic mass is 10.2. The molecule has 1 rings (SSSR count). The molecule has 0 spiro atoms. The average Bonchev–Trinajstić information content (AvgIpc) is 2.15. The first-order valence-corrected chi connectivity index (χ1v) is 3.62. The summed E-state index contributed by atoms with van der Waals surface area (Å²) in [5.74, 6) is 0.156. The van der Waals surface area contributed by atoms with E-state index in [0.29, 0.717) is 0 Å². The van der Waals surface area contributed by atoms with Crippen molar-refractivity contribution >= 4 is 5.78 Å². The molecule has 1 heterocycles. The van der Waals surface area contributed by atoms with E-state index in [1.807, 2.05) is 7.05 Å². The van der Waals surface area contributed by atoms with Gasteiger partial charge in [-0.25, -0.2) is 0 Å². The summed E-state index contributed by atoms with van der Waals surface area (Å²) in [5.41, 5.74) is 1.19. The van der Waals surface area contributed by atoms with Gasteiger partial charge in [0.05, 0.1) is 0 Å². The maximum absolute atomic E-state index is 10.6. The molecule has 56 valence electrons. The fourth-order valence-electron chi connectivity index (χ4n) is 1.25. The van der Waals surface area contributed by atoms with Crippen molar-refractivity contribution in [1.29, 1.82) is 0 Å². The van der Waals surface area contributed by atoms with Crippen LogP contribution >= 0.6 is 0 Å². The molecule has 1 saturated heterocycles. The van der Waals surface area contributed by atoms with Gasteiger partial charge in [0.25, 0.3) is 0 Å². The number of ketones is 1. The third-order valence-corrected chi connectivity index (χ3v) is 1.79. The molecule has 1 fully saturated rings. The van der Waals surface area contributed by atoms with Crippen LogP contribution in [-0.2, 0) is 4.79 Å². The second-order valence-corrected chi connectivity index (χ2v) is 2.77. The SMILES string of the molecule is CC(=O)/C=C1/CCCN1C. The summed E-state index contributed by atoms with van der Waals surface area (Å²) in [4.78, 5) is 12.8. The van der Waals surface area contributed by atoms with Gasteiger partial charge in [0, 0.05) is 19.3 Å². The van der Waals surface area contributed by atoms with Crippen molar-refractivity contribution in [2.75, 3.05) is 13.6 Å². The Morgan fingerprint density at radius 2 is 2.40 bits per heavy atom. The first kappa shape index (κ1) is 7.32. The molecule has 2 nitrogen and oxygen atoms in total. The first-order chi connectivity index (χ1) is 4.70. The fraction of sp³-hybridized carbons (Fsp3) is 0.625. The molecular formula is C8H13NO. The number of likely N-dealkylation sites (tertiary alicyclic amines) is 1. The van der Waals surface area contributed by atoms with Gasteiger partial charge >= 0.3 is 0 Å². The number of rotatable bonds is 1. The van der Waals surface area contributed by atoms with Gasteiger partial charge in [0.2, 0.25) is 0 Å². The van der Waals surface area contributed by atoms with E-state index in [1.54, 1.807) is 13.0 Å². The van der Waals surface area contributed by atoms with E-state index in [-0.39, 0.29) is 5.78 Å². The summed E-state index contributed by atoms with van der Waals surface area (Å²) >= 11 is 0. The number of hydrogen-bond acceptors (Lipinski definition) is 2. The van der Waals surface area contributed by atoms with E-state index in [9.17, 15) is 4.79 Å². The predicted molar refractivity (Wildman–Crippen MR) is 40.6 cm³/mol. The van der Waals surface area contributed by atoms with Crippen LogP contribution in [0.1, 0.15) is 19.8 Å². The molecule has 0 radical (unpaired) electrons. The van der Waals surface area contributed by atoms with E-state index in [1.165, 1.54) is 12.1 Å². The Morgan fingerprint density at radius 3 is 2.80 bits per heavy atom. The Hall–Kier alpha value is -0.790. The van der Waals surface area contributed by atoms with Crippen LogP contribution in [0, 0.1) is 0 Å². The van der Waals surface area contributed by atoms with E-state index in [4.69, 9.17) is 0 Å². The monoisotopic (exact) mass is 139 g/mol. The maximum atomic E-state index is 10.6. The van der Waals surface area contributed by atoms with Crippen LogP contribution in [0.4, 0.5) is 0 Å². The highest BCUT2D eigenvalue weighted by atomic mass is 16.1. The van der Waals surface area contributed by atoms with Gasteiger partial charge in [-0.2, -0.15) is 0 Å². The number of allylic oxidation sites excluding steroid dienone is 2. The normalized spacial score (nSPS) is 22.2. The van der Waals surface area contributed by atoms with Crippen molar-refractivity contribution in [2.24, 2.45) is 0 Å². The van der Waals surface area contributed by atoms with Crippen molar-refractivity contribution in [3.63, 3.8) is 0 Å². The lowest BCUT2D eigenvalue weighted by Crippen LogP contribution is -2.10. The second-order valence-electron chi connectivity index (χ2n) is 2.77. The number of nitrogens with zero attached hydrogens (tertiary/aromatic N) is 1. The lowest BCUT2D eigenvalue weighted by molar-refractivity contribution is -0.112.